The van der Waals surface area contributed by atoms with E-state index in [-0.39, 0.29) is 17.5 Å². The fourth-order valence-corrected chi connectivity index (χ4v) is 1.38. The summed E-state index contributed by atoms with van der Waals surface area (Å²) >= 11 is 0. The third-order valence-corrected chi connectivity index (χ3v) is 2.27. The van der Waals surface area contributed by atoms with Crippen LogP contribution in [0.3, 0.4) is 0 Å². The van der Waals surface area contributed by atoms with Crippen molar-refractivity contribution in [1.82, 2.24) is 0 Å². The zero-order chi connectivity index (χ0) is 8.55. The summed E-state index contributed by atoms with van der Waals surface area (Å²) in [6, 6.07) is 0. The number of rotatable bonds is 2. The Bertz CT molecular complexity index is 282. The predicted molar refractivity (Wildman–Crippen MR) is 44.5 cm³/mol. The molecule has 62 valence electrons. The molecular weight excluding hydrogens is 152 g/mol. The lowest BCUT2D eigenvalue weighted by Crippen LogP contribution is -2.23. The van der Waals surface area contributed by atoms with E-state index in [0.717, 1.165) is 12.8 Å². The summed E-state index contributed by atoms with van der Waals surface area (Å²) < 4.78 is 0. The molecular formula is C10H10O2. The van der Waals surface area contributed by atoms with Crippen molar-refractivity contribution in [2.75, 3.05) is 0 Å². The number of allylic oxidation sites excluding steroid dienone is 4. The molecule has 2 aliphatic carbocycles. The van der Waals surface area contributed by atoms with Gasteiger partial charge in [-0.1, -0.05) is 18.2 Å². The molecule has 2 heteroatoms. The molecule has 2 rings (SSSR count). The lowest BCUT2D eigenvalue weighted by Gasteiger charge is -2.08. The molecule has 1 fully saturated rings. The molecule has 1 saturated carbocycles. The molecule has 2 nitrogen and oxygen atoms in total. The Morgan fingerprint density at radius 3 is 2.67 bits per heavy atom. The number of Topliss-reactive ketones (excluding diaryl/α,β-unsaturated/α-hetero) is 1. The maximum atomic E-state index is 11.5. The van der Waals surface area contributed by atoms with Crippen molar-refractivity contribution in [2.45, 2.75) is 12.8 Å². The van der Waals surface area contributed by atoms with Gasteiger partial charge in [-0.2, -0.15) is 0 Å². The fraction of sp³-hybridized carbons (Fsp3) is 0.400. The summed E-state index contributed by atoms with van der Waals surface area (Å²) in [6.45, 7) is 0. The maximum Gasteiger partial charge on any atom is 0.169 e. The molecule has 0 aromatic carbocycles. The van der Waals surface area contributed by atoms with Crippen LogP contribution in [-0.4, -0.2) is 11.6 Å². The van der Waals surface area contributed by atoms with E-state index < -0.39 is 5.92 Å². The van der Waals surface area contributed by atoms with E-state index >= 15 is 0 Å². The zero-order valence-electron chi connectivity index (χ0n) is 6.69. The van der Waals surface area contributed by atoms with Gasteiger partial charge in [-0.25, -0.2) is 0 Å². The summed E-state index contributed by atoms with van der Waals surface area (Å²) in [7, 11) is 0. The highest BCUT2D eigenvalue weighted by atomic mass is 16.2. The zero-order valence-corrected chi connectivity index (χ0v) is 6.69. The molecule has 0 heterocycles. The predicted octanol–water partition coefficient (Wildman–Crippen LogP) is 1.28. The smallest absolute Gasteiger partial charge is 0.169 e. The van der Waals surface area contributed by atoms with Crippen LogP contribution < -0.4 is 0 Å². The van der Waals surface area contributed by atoms with Crippen molar-refractivity contribution >= 4 is 11.6 Å². The van der Waals surface area contributed by atoms with Gasteiger partial charge in [0.15, 0.2) is 11.6 Å². The van der Waals surface area contributed by atoms with Gasteiger partial charge in [0.05, 0.1) is 5.92 Å². The Hall–Kier alpha value is -1.18. The average molecular weight is 162 g/mol. The molecule has 0 amide bonds. The van der Waals surface area contributed by atoms with E-state index in [4.69, 9.17) is 0 Å². The van der Waals surface area contributed by atoms with Gasteiger partial charge in [0.1, 0.15) is 0 Å². The highest BCUT2D eigenvalue weighted by molar-refractivity contribution is 6.11. The Morgan fingerprint density at radius 1 is 1.33 bits per heavy atom. The van der Waals surface area contributed by atoms with E-state index in [1.54, 1.807) is 18.2 Å². The number of hydrogen-bond acceptors (Lipinski definition) is 2. The Morgan fingerprint density at radius 2 is 2.08 bits per heavy atom. The van der Waals surface area contributed by atoms with Gasteiger partial charge < -0.3 is 0 Å². The number of ketones is 2. The third kappa shape index (κ3) is 1.24. The van der Waals surface area contributed by atoms with Crippen LogP contribution in [0.4, 0.5) is 0 Å². The van der Waals surface area contributed by atoms with Gasteiger partial charge >= 0.3 is 0 Å². The largest absolute Gasteiger partial charge is 0.298 e. The maximum absolute atomic E-state index is 11.5. The Labute approximate surface area is 71.0 Å². The molecule has 12 heavy (non-hydrogen) atoms. The van der Waals surface area contributed by atoms with Crippen LogP contribution in [0.5, 0.6) is 0 Å². The Kier molecular flexibility index (Phi) is 1.68. The van der Waals surface area contributed by atoms with Gasteiger partial charge in [-0.15, -0.1) is 0 Å². The normalized spacial score (nSPS) is 27.7. The van der Waals surface area contributed by atoms with Crippen LogP contribution in [0, 0.1) is 11.8 Å². The third-order valence-electron chi connectivity index (χ3n) is 2.27. The van der Waals surface area contributed by atoms with Crippen LogP contribution in [-0.2, 0) is 9.59 Å². The van der Waals surface area contributed by atoms with Gasteiger partial charge in [0.2, 0.25) is 0 Å². The van der Waals surface area contributed by atoms with E-state index in [1.807, 2.05) is 0 Å². The molecule has 0 aromatic heterocycles. The van der Waals surface area contributed by atoms with Crippen molar-refractivity contribution in [2.24, 2.45) is 11.8 Å². The van der Waals surface area contributed by atoms with E-state index in [1.165, 1.54) is 6.08 Å². The first-order valence-corrected chi connectivity index (χ1v) is 4.21. The van der Waals surface area contributed by atoms with Crippen molar-refractivity contribution in [1.29, 1.82) is 0 Å². The Balaban J connectivity index is 2.12. The summed E-state index contributed by atoms with van der Waals surface area (Å²) in [5.41, 5.74) is 0. The lowest BCUT2D eigenvalue weighted by atomic mass is 9.92. The second-order valence-corrected chi connectivity index (χ2v) is 3.30. The van der Waals surface area contributed by atoms with Gasteiger partial charge in [0, 0.05) is 5.92 Å². The summed E-state index contributed by atoms with van der Waals surface area (Å²) in [5, 5.41) is 0. The molecule has 0 aromatic rings. The molecule has 0 aliphatic heterocycles. The number of carbonyl (C=O) groups excluding carboxylic acids is 2. The van der Waals surface area contributed by atoms with Gasteiger partial charge in [0.25, 0.3) is 0 Å². The van der Waals surface area contributed by atoms with E-state index in [9.17, 15) is 9.59 Å². The molecule has 0 radical (unpaired) electrons. The first kappa shape index (κ1) is 7.47. The fourth-order valence-electron chi connectivity index (χ4n) is 1.38. The SMILES string of the molecule is O=C1C=CC=CC1C(=O)C1CC1. The minimum atomic E-state index is -0.470. The monoisotopic (exact) mass is 162 g/mol. The van der Waals surface area contributed by atoms with Gasteiger partial charge in [-0.3, -0.25) is 9.59 Å². The lowest BCUT2D eigenvalue weighted by molar-refractivity contribution is -0.129. The van der Waals surface area contributed by atoms with E-state index in [2.05, 4.69) is 0 Å². The topological polar surface area (TPSA) is 34.1 Å². The van der Waals surface area contributed by atoms with Crippen LogP contribution in [0.15, 0.2) is 24.3 Å². The molecule has 1 unspecified atom stereocenters. The number of hydrogen-bond donors (Lipinski definition) is 0. The first-order chi connectivity index (χ1) is 5.79. The highest BCUT2D eigenvalue weighted by Gasteiger charge is 2.36. The quantitative estimate of drug-likeness (QED) is 0.573. The molecule has 0 spiro atoms. The van der Waals surface area contributed by atoms with Crippen LogP contribution in [0.25, 0.3) is 0 Å². The van der Waals surface area contributed by atoms with E-state index in [0.29, 0.717) is 0 Å². The average Bonchev–Trinajstić information content (AvgIpc) is 2.86. The van der Waals surface area contributed by atoms with Crippen LogP contribution >= 0.6 is 0 Å². The summed E-state index contributed by atoms with van der Waals surface area (Å²) in [4.78, 5) is 22.7. The summed E-state index contributed by atoms with van der Waals surface area (Å²) in [6.07, 6.45) is 8.57. The molecule has 0 bridgehead atoms. The minimum Gasteiger partial charge on any atom is -0.298 e. The molecule has 2 aliphatic rings. The highest BCUT2D eigenvalue weighted by Crippen LogP contribution is 2.33. The second-order valence-electron chi connectivity index (χ2n) is 3.30. The first-order valence-electron chi connectivity index (χ1n) is 4.21. The molecule has 1 atom stereocenters. The molecule has 0 N–H and O–H groups in total. The van der Waals surface area contributed by atoms with Crippen molar-refractivity contribution < 1.29 is 9.59 Å². The van der Waals surface area contributed by atoms with Crippen molar-refractivity contribution in [3.05, 3.63) is 24.3 Å². The van der Waals surface area contributed by atoms with Crippen LogP contribution in [0.1, 0.15) is 12.8 Å². The summed E-state index contributed by atoms with van der Waals surface area (Å²) in [5.74, 6) is -0.243. The van der Waals surface area contributed by atoms with Crippen LogP contribution in [0.2, 0.25) is 0 Å². The van der Waals surface area contributed by atoms with Gasteiger partial charge in [-0.05, 0) is 18.9 Å². The number of carbonyl (C=O) groups is 2. The standard InChI is InChI=1S/C10H10O2/c11-9-4-2-1-3-8(9)10(12)7-5-6-7/h1-4,7-8H,5-6H2. The molecule has 0 saturated heterocycles. The van der Waals surface area contributed by atoms with Crippen molar-refractivity contribution in [3.63, 3.8) is 0 Å². The van der Waals surface area contributed by atoms with Crippen molar-refractivity contribution in [3.8, 4) is 0 Å². The minimum absolute atomic E-state index is 0.0607. The second kappa shape index (κ2) is 2.70.